The fraction of sp³-hybridized carbons (Fsp3) is 0.562. The number of rotatable bonds is 2. The van der Waals surface area contributed by atoms with E-state index in [0.29, 0.717) is 16.2 Å². The normalized spacial score (nSPS) is 26.1. The number of nitrogens with one attached hydrogen (secondary N) is 1. The van der Waals surface area contributed by atoms with Crippen molar-refractivity contribution in [3.8, 4) is 0 Å². The summed E-state index contributed by atoms with van der Waals surface area (Å²) in [6.07, 6.45) is 3.29. The zero-order valence-electron chi connectivity index (χ0n) is 11.5. The monoisotopic (exact) mass is 321 g/mol. The zero-order valence-corrected chi connectivity index (χ0v) is 13.1. The van der Waals surface area contributed by atoms with Gasteiger partial charge in [-0.15, -0.1) is 0 Å². The number of halogens is 1. The van der Waals surface area contributed by atoms with Gasteiger partial charge in [-0.05, 0) is 47.8 Å². The largest absolute Gasteiger partial charge is 0.352 e. The van der Waals surface area contributed by atoms with Gasteiger partial charge in [0, 0.05) is 16.9 Å². The van der Waals surface area contributed by atoms with Gasteiger partial charge in [-0.2, -0.15) is 0 Å². The number of hydrogen-bond donors (Lipinski definition) is 1. The smallest absolute Gasteiger partial charge is 0.251 e. The predicted molar refractivity (Wildman–Crippen MR) is 80.7 cm³/mol. The predicted octanol–water partition coefficient (Wildman–Crippen LogP) is 3.84. The number of amides is 1. The van der Waals surface area contributed by atoms with E-state index in [1.807, 2.05) is 0 Å². The van der Waals surface area contributed by atoms with Crippen LogP contribution in [0.25, 0.3) is 0 Å². The Morgan fingerprint density at radius 3 is 2.84 bits per heavy atom. The molecule has 19 heavy (non-hydrogen) atoms. The molecule has 2 atom stereocenters. The fourth-order valence-electron chi connectivity index (χ4n) is 3.01. The molecule has 2 aliphatic rings. The average Bonchev–Trinajstić information content (AvgIpc) is 3.06. The number of carbonyl (C=O) groups excluding carboxylic acids is 1. The highest BCUT2D eigenvalue weighted by atomic mass is 79.9. The maximum Gasteiger partial charge on any atom is 0.251 e. The first-order chi connectivity index (χ1) is 8.99. The molecule has 0 saturated heterocycles. The van der Waals surface area contributed by atoms with Gasteiger partial charge in [-0.25, -0.2) is 0 Å². The van der Waals surface area contributed by atoms with Crippen LogP contribution < -0.4 is 5.32 Å². The first-order valence-corrected chi connectivity index (χ1v) is 7.96. The highest BCUT2D eigenvalue weighted by Crippen LogP contribution is 2.60. The van der Waals surface area contributed by atoms with Gasteiger partial charge in [0.1, 0.15) is 0 Å². The van der Waals surface area contributed by atoms with E-state index in [4.69, 9.17) is 0 Å². The van der Waals surface area contributed by atoms with Crippen LogP contribution in [0.15, 0.2) is 18.2 Å². The molecule has 1 saturated carbocycles. The lowest BCUT2D eigenvalue weighted by Gasteiger charge is -2.14. The third kappa shape index (κ3) is 2.45. The van der Waals surface area contributed by atoms with E-state index in [2.05, 4.69) is 53.3 Å². The van der Waals surface area contributed by atoms with E-state index in [0.717, 1.165) is 24.9 Å². The summed E-state index contributed by atoms with van der Waals surface area (Å²) in [5.41, 5.74) is 3.74. The van der Waals surface area contributed by atoms with Gasteiger partial charge >= 0.3 is 0 Å². The number of hydrogen-bond acceptors (Lipinski definition) is 1. The number of fused-ring (bicyclic) bond motifs is 1. The van der Waals surface area contributed by atoms with Crippen LogP contribution in [-0.2, 0) is 6.42 Å². The molecular weight excluding hydrogens is 302 g/mol. The number of alkyl halides is 1. The summed E-state index contributed by atoms with van der Waals surface area (Å²) in [5, 5.41) is 2.97. The Balaban J connectivity index is 1.90. The Labute approximate surface area is 123 Å². The molecule has 1 aromatic carbocycles. The second-order valence-electron chi connectivity index (χ2n) is 6.48. The minimum absolute atomic E-state index is 0.0871. The molecule has 1 N–H and O–H groups in total. The lowest BCUT2D eigenvalue weighted by molar-refractivity contribution is 0.0956. The molecule has 1 heterocycles. The van der Waals surface area contributed by atoms with Crippen LogP contribution in [0.2, 0.25) is 0 Å². The van der Waals surface area contributed by atoms with Crippen molar-refractivity contribution in [2.45, 2.75) is 37.9 Å². The summed E-state index contributed by atoms with van der Waals surface area (Å²) >= 11 is 3.82. The van der Waals surface area contributed by atoms with E-state index in [1.54, 1.807) is 0 Å². The molecule has 1 aliphatic carbocycles. The molecule has 102 valence electrons. The van der Waals surface area contributed by atoms with Crippen LogP contribution >= 0.6 is 15.9 Å². The van der Waals surface area contributed by atoms with Crippen LogP contribution in [-0.4, -0.2) is 12.5 Å². The van der Waals surface area contributed by atoms with Gasteiger partial charge in [-0.3, -0.25) is 4.79 Å². The minimum atomic E-state index is 0.0871. The van der Waals surface area contributed by atoms with E-state index in [9.17, 15) is 4.79 Å². The van der Waals surface area contributed by atoms with Gasteiger partial charge in [0.25, 0.3) is 5.91 Å². The molecule has 0 radical (unpaired) electrons. The average molecular weight is 322 g/mol. The lowest BCUT2D eigenvalue weighted by atomic mass is 9.96. The van der Waals surface area contributed by atoms with Gasteiger partial charge in [0.2, 0.25) is 0 Å². The third-order valence-electron chi connectivity index (χ3n) is 4.55. The second kappa shape index (κ2) is 4.62. The summed E-state index contributed by atoms with van der Waals surface area (Å²) in [4.78, 5) is 12.4. The maximum atomic E-state index is 12.1. The molecule has 1 aliphatic heterocycles. The zero-order chi connectivity index (χ0) is 13.6. The van der Waals surface area contributed by atoms with E-state index < -0.39 is 0 Å². The number of carbonyl (C=O) groups is 1. The molecular formula is C16H20BrNO. The third-order valence-corrected chi connectivity index (χ3v) is 5.72. The number of aryl methyl sites for hydroxylation is 1. The van der Waals surface area contributed by atoms with E-state index in [-0.39, 0.29) is 5.91 Å². The molecule has 2 nitrogen and oxygen atoms in total. The van der Waals surface area contributed by atoms with Crippen molar-refractivity contribution in [1.82, 2.24) is 5.32 Å². The van der Waals surface area contributed by atoms with Crippen molar-refractivity contribution < 1.29 is 4.79 Å². The van der Waals surface area contributed by atoms with E-state index >= 15 is 0 Å². The molecule has 1 fully saturated rings. The summed E-state index contributed by atoms with van der Waals surface area (Å²) in [6.45, 7) is 5.40. The van der Waals surface area contributed by atoms with Crippen LogP contribution in [0.3, 0.4) is 0 Å². The van der Waals surface area contributed by atoms with Crippen molar-refractivity contribution in [3.05, 3.63) is 34.9 Å². The standard InChI is InChI=1S/C16H20BrNO/c1-16(2)9-13(16)14(17)11-6-5-10-4-3-7-18-15(19)12(10)8-11/h5-6,8,13-14H,3-4,7,9H2,1-2H3,(H,18,19). The quantitative estimate of drug-likeness (QED) is 0.824. The Hall–Kier alpha value is -0.830. The number of benzene rings is 1. The first-order valence-electron chi connectivity index (χ1n) is 7.04. The molecule has 2 unspecified atom stereocenters. The molecule has 1 aromatic rings. The van der Waals surface area contributed by atoms with Crippen molar-refractivity contribution in [1.29, 1.82) is 0 Å². The van der Waals surface area contributed by atoms with E-state index in [1.165, 1.54) is 17.5 Å². The highest BCUT2D eigenvalue weighted by molar-refractivity contribution is 9.09. The summed E-state index contributed by atoms with van der Waals surface area (Å²) in [6, 6.07) is 6.41. The Bertz CT molecular complexity index is 523. The molecule has 1 amide bonds. The topological polar surface area (TPSA) is 29.1 Å². The highest BCUT2D eigenvalue weighted by Gasteiger charge is 2.49. The lowest BCUT2D eigenvalue weighted by Crippen LogP contribution is -2.22. The minimum Gasteiger partial charge on any atom is -0.352 e. The van der Waals surface area contributed by atoms with Gasteiger partial charge in [-0.1, -0.05) is 41.9 Å². The van der Waals surface area contributed by atoms with Crippen molar-refractivity contribution in [2.24, 2.45) is 11.3 Å². The van der Waals surface area contributed by atoms with Crippen molar-refractivity contribution >= 4 is 21.8 Å². The molecule has 0 spiro atoms. The second-order valence-corrected chi connectivity index (χ2v) is 7.46. The van der Waals surface area contributed by atoms with Gasteiger partial charge < -0.3 is 5.32 Å². The van der Waals surface area contributed by atoms with Crippen LogP contribution in [0.5, 0.6) is 0 Å². The molecule has 3 heteroatoms. The summed E-state index contributed by atoms with van der Waals surface area (Å²) in [7, 11) is 0. The maximum absolute atomic E-state index is 12.1. The van der Waals surface area contributed by atoms with Crippen LogP contribution in [0, 0.1) is 11.3 Å². The van der Waals surface area contributed by atoms with Crippen molar-refractivity contribution in [3.63, 3.8) is 0 Å². The molecule has 0 bridgehead atoms. The van der Waals surface area contributed by atoms with Crippen LogP contribution in [0.1, 0.15) is 53.0 Å². The Morgan fingerprint density at radius 1 is 1.42 bits per heavy atom. The van der Waals surface area contributed by atoms with Gasteiger partial charge in [0.15, 0.2) is 0 Å². The Kier molecular flexibility index (Phi) is 3.20. The summed E-state index contributed by atoms with van der Waals surface area (Å²) in [5.74, 6) is 0.767. The van der Waals surface area contributed by atoms with Gasteiger partial charge in [0.05, 0.1) is 0 Å². The Morgan fingerprint density at radius 2 is 2.16 bits per heavy atom. The van der Waals surface area contributed by atoms with Crippen molar-refractivity contribution in [2.75, 3.05) is 6.54 Å². The summed E-state index contributed by atoms with van der Waals surface area (Å²) < 4.78 is 0. The first kappa shape index (κ1) is 13.2. The SMILES string of the molecule is CC1(C)CC1C(Br)c1ccc2c(c1)C(=O)NCCC2. The molecule has 3 rings (SSSR count). The molecule has 0 aromatic heterocycles. The fourth-order valence-corrected chi connectivity index (χ4v) is 4.20. The van der Waals surface area contributed by atoms with Crippen LogP contribution in [0.4, 0.5) is 0 Å².